The van der Waals surface area contributed by atoms with Crippen molar-refractivity contribution < 1.29 is 4.39 Å². The summed E-state index contributed by atoms with van der Waals surface area (Å²) in [7, 11) is 0. The molecule has 13 heavy (non-hydrogen) atoms. The van der Waals surface area contributed by atoms with Crippen molar-refractivity contribution >= 4 is 15.9 Å². The second kappa shape index (κ2) is 3.30. The van der Waals surface area contributed by atoms with Crippen molar-refractivity contribution in [2.45, 2.75) is 0 Å². The van der Waals surface area contributed by atoms with Crippen molar-refractivity contribution in [2.24, 2.45) is 0 Å². The Balaban J connectivity index is 2.59. The zero-order chi connectivity index (χ0) is 9.26. The van der Waals surface area contributed by atoms with Gasteiger partial charge in [-0.05, 0) is 22.0 Å². The molecule has 1 N–H and O–H groups in total. The third-order valence-corrected chi connectivity index (χ3v) is 2.36. The third kappa shape index (κ3) is 1.49. The lowest BCUT2D eigenvalue weighted by Gasteiger charge is -1.98. The monoisotopic (exact) mass is 240 g/mol. The minimum Gasteiger partial charge on any atom is -0.271 e. The Kier molecular flexibility index (Phi) is 2.14. The summed E-state index contributed by atoms with van der Waals surface area (Å²) in [5.41, 5.74) is 1.28. The highest BCUT2D eigenvalue weighted by Gasteiger charge is 2.08. The van der Waals surface area contributed by atoms with Gasteiger partial charge in [-0.3, -0.25) is 5.10 Å². The van der Waals surface area contributed by atoms with Gasteiger partial charge in [0.15, 0.2) is 0 Å². The number of aromatic nitrogens is 2. The van der Waals surface area contributed by atoms with Crippen LogP contribution in [0.3, 0.4) is 0 Å². The van der Waals surface area contributed by atoms with E-state index in [-0.39, 0.29) is 5.82 Å². The minimum absolute atomic E-state index is 0.246. The van der Waals surface area contributed by atoms with E-state index in [4.69, 9.17) is 0 Å². The minimum atomic E-state index is -0.246. The molecule has 0 aliphatic carbocycles. The first-order valence-electron chi connectivity index (χ1n) is 3.73. The molecule has 0 atom stereocenters. The fourth-order valence-electron chi connectivity index (χ4n) is 1.14. The topological polar surface area (TPSA) is 28.7 Å². The molecule has 1 aromatic heterocycles. The van der Waals surface area contributed by atoms with Crippen LogP contribution in [0.2, 0.25) is 0 Å². The average molecular weight is 241 g/mol. The molecule has 0 saturated carbocycles. The molecule has 66 valence electrons. The van der Waals surface area contributed by atoms with E-state index in [1.54, 1.807) is 24.4 Å². The van der Waals surface area contributed by atoms with Gasteiger partial charge in [0, 0.05) is 11.1 Å². The van der Waals surface area contributed by atoms with Crippen molar-refractivity contribution in [3.63, 3.8) is 0 Å². The molecule has 0 amide bonds. The van der Waals surface area contributed by atoms with Crippen molar-refractivity contribution in [3.8, 4) is 11.1 Å². The lowest BCUT2D eigenvalue weighted by molar-refractivity contribution is 0.631. The van der Waals surface area contributed by atoms with Gasteiger partial charge in [0.05, 0.1) is 6.20 Å². The molecule has 0 radical (unpaired) electrons. The summed E-state index contributed by atoms with van der Waals surface area (Å²) >= 11 is 3.25. The molecule has 4 heteroatoms. The number of rotatable bonds is 1. The maximum atomic E-state index is 13.3. The molecule has 0 bridgehead atoms. The molecule has 0 unspecified atom stereocenters. The van der Waals surface area contributed by atoms with Crippen LogP contribution < -0.4 is 0 Å². The van der Waals surface area contributed by atoms with E-state index in [0.717, 1.165) is 5.56 Å². The first-order valence-corrected chi connectivity index (χ1v) is 4.52. The Labute approximate surface area is 82.9 Å². The van der Waals surface area contributed by atoms with Crippen LogP contribution >= 0.6 is 15.9 Å². The molecule has 0 aliphatic heterocycles. The summed E-state index contributed by atoms with van der Waals surface area (Å²) in [6.45, 7) is 0. The van der Waals surface area contributed by atoms with Crippen LogP contribution in [0.4, 0.5) is 4.39 Å². The van der Waals surface area contributed by atoms with E-state index in [2.05, 4.69) is 26.1 Å². The van der Waals surface area contributed by atoms with E-state index in [9.17, 15) is 4.39 Å². The van der Waals surface area contributed by atoms with E-state index in [0.29, 0.717) is 10.2 Å². The van der Waals surface area contributed by atoms with Gasteiger partial charge in [-0.25, -0.2) is 4.39 Å². The normalized spacial score (nSPS) is 10.3. The molecule has 0 fully saturated rings. The maximum absolute atomic E-state index is 13.3. The molecule has 0 aliphatic rings. The van der Waals surface area contributed by atoms with Crippen molar-refractivity contribution in [1.82, 2.24) is 10.2 Å². The Hall–Kier alpha value is -1.16. The van der Waals surface area contributed by atoms with Crippen LogP contribution in [0.1, 0.15) is 0 Å². The number of hydrogen-bond acceptors (Lipinski definition) is 1. The van der Waals surface area contributed by atoms with Gasteiger partial charge in [-0.1, -0.05) is 18.2 Å². The average Bonchev–Trinajstić information content (AvgIpc) is 2.52. The summed E-state index contributed by atoms with van der Waals surface area (Å²) in [6, 6.07) is 6.59. The highest BCUT2D eigenvalue weighted by atomic mass is 79.9. The van der Waals surface area contributed by atoms with Crippen LogP contribution in [0.5, 0.6) is 0 Å². The van der Waals surface area contributed by atoms with E-state index < -0.39 is 0 Å². The fraction of sp³-hybridized carbons (Fsp3) is 0. The van der Waals surface area contributed by atoms with Crippen LogP contribution in [-0.2, 0) is 0 Å². The molecule has 2 rings (SSSR count). The van der Waals surface area contributed by atoms with E-state index in [1.807, 2.05) is 0 Å². The predicted molar refractivity (Wildman–Crippen MR) is 51.7 cm³/mol. The molecule has 2 nitrogen and oxygen atoms in total. The Morgan fingerprint density at radius 3 is 2.62 bits per heavy atom. The Morgan fingerprint density at radius 2 is 2.00 bits per heavy atom. The summed E-state index contributed by atoms with van der Waals surface area (Å²) in [5, 5.41) is 6.49. The number of H-pyrrole nitrogens is 1. The molecular formula is C9H6BrFN2. The molecule has 1 aromatic carbocycles. The van der Waals surface area contributed by atoms with Crippen LogP contribution in [0, 0.1) is 5.82 Å². The standard InChI is InChI=1S/C9H6BrFN2/c10-9-7(5-12-13-9)6-3-1-2-4-8(6)11/h1-5H,(H,12,13). The largest absolute Gasteiger partial charge is 0.271 e. The lowest BCUT2D eigenvalue weighted by Crippen LogP contribution is -1.81. The smallest absolute Gasteiger partial charge is 0.131 e. The summed E-state index contributed by atoms with van der Waals surface area (Å²) in [6.07, 6.45) is 1.59. The number of aromatic amines is 1. The zero-order valence-electron chi connectivity index (χ0n) is 6.59. The number of nitrogens with one attached hydrogen (secondary N) is 1. The Bertz CT molecular complexity index is 425. The van der Waals surface area contributed by atoms with Crippen LogP contribution in [0.15, 0.2) is 35.1 Å². The van der Waals surface area contributed by atoms with Gasteiger partial charge < -0.3 is 0 Å². The van der Waals surface area contributed by atoms with Gasteiger partial charge in [0.1, 0.15) is 10.4 Å². The first-order chi connectivity index (χ1) is 6.29. The van der Waals surface area contributed by atoms with Crippen molar-refractivity contribution in [1.29, 1.82) is 0 Å². The summed E-state index contributed by atoms with van der Waals surface area (Å²) in [4.78, 5) is 0. The quantitative estimate of drug-likeness (QED) is 0.816. The third-order valence-electron chi connectivity index (χ3n) is 1.76. The van der Waals surface area contributed by atoms with E-state index in [1.165, 1.54) is 6.07 Å². The lowest BCUT2D eigenvalue weighted by atomic mass is 10.1. The molecule has 1 heterocycles. The number of halogens is 2. The number of benzene rings is 1. The van der Waals surface area contributed by atoms with Crippen molar-refractivity contribution in [2.75, 3.05) is 0 Å². The second-order valence-corrected chi connectivity index (χ2v) is 3.37. The highest BCUT2D eigenvalue weighted by molar-refractivity contribution is 9.10. The predicted octanol–water partition coefficient (Wildman–Crippen LogP) is 2.98. The fourth-order valence-corrected chi connectivity index (χ4v) is 1.56. The zero-order valence-corrected chi connectivity index (χ0v) is 8.18. The maximum Gasteiger partial charge on any atom is 0.131 e. The molecule has 0 saturated heterocycles. The SMILES string of the molecule is Fc1ccccc1-c1cn[nH]c1Br. The Morgan fingerprint density at radius 1 is 1.23 bits per heavy atom. The van der Waals surface area contributed by atoms with Gasteiger partial charge in [-0.15, -0.1) is 0 Å². The van der Waals surface area contributed by atoms with Crippen LogP contribution in [-0.4, -0.2) is 10.2 Å². The van der Waals surface area contributed by atoms with Crippen molar-refractivity contribution in [3.05, 3.63) is 40.9 Å². The molecule has 2 aromatic rings. The van der Waals surface area contributed by atoms with Gasteiger partial charge >= 0.3 is 0 Å². The van der Waals surface area contributed by atoms with Gasteiger partial charge in [0.2, 0.25) is 0 Å². The van der Waals surface area contributed by atoms with Gasteiger partial charge in [0.25, 0.3) is 0 Å². The van der Waals surface area contributed by atoms with Crippen LogP contribution in [0.25, 0.3) is 11.1 Å². The number of nitrogens with zero attached hydrogens (tertiary/aromatic N) is 1. The first kappa shape index (κ1) is 8.44. The van der Waals surface area contributed by atoms with Gasteiger partial charge in [-0.2, -0.15) is 5.10 Å². The highest BCUT2D eigenvalue weighted by Crippen LogP contribution is 2.27. The molecular weight excluding hydrogens is 235 g/mol. The van der Waals surface area contributed by atoms with E-state index >= 15 is 0 Å². The summed E-state index contributed by atoms with van der Waals surface area (Å²) < 4.78 is 14.0. The summed E-state index contributed by atoms with van der Waals surface area (Å²) in [5.74, 6) is -0.246. The number of hydrogen-bond donors (Lipinski definition) is 1. The molecule has 0 spiro atoms. The second-order valence-electron chi connectivity index (χ2n) is 2.58.